The Morgan fingerprint density at radius 2 is 2.26 bits per heavy atom. The molecule has 0 spiro atoms. The van der Waals surface area contributed by atoms with E-state index in [2.05, 4.69) is 38.9 Å². The zero-order valence-electron chi connectivity index (χ0n) is 13.5. The highest BCUT2D eigenvalue weighted by atomic mass is 16.1. The quantitative estimate of drug-likeness (QED) is 0.927. The highest BCUT2D eigenvalue weighted by Gasteiger charge is 2.25. The Labute approximate surface area is 136 Å². The highest BCUT2D eigenvalue weighted by molar-refractivity contribution is 5.93. The van der Waals surface area contributed by atoms with Crippen LogP contribution in [0.2, 0.25) is 0 Å². The Morgan fingerprint density at radius 1 is 1.35 bits per heavy atom. The van der Waals surface area contributed by atoms with Gasteiger partial charge in [0.1, 0.15) is 5.82 Å². The van der Waals surface area contributed by atoms with Crippen LogP contribution in [-0.2, 0) is 24.2 Å². The lowest BCUT2D eigenvalue weighted by molar-refractivity contribution is -0.120. The van der Waals surface area contributed by atoms with Crippen LogP contribution in [0.25, 0.3) is 0 Å². The minimum atomic E-state index is 0.0172. The van der Waals surface area contributed by atoms with E-state index in [1.54, 1.807) is 0 Å². The molecule has 0 fully saturated rings. The fourth-order valence-corrected chi connectivity index (χ4v) is 3.68. The van der Waals surface area contributed by atoms with E-state index in [-0.39, 0.29) is 11.8 Å². The van der Waals surface area contributed by atoms with Gasteiger partial charge >= 0.3 is 0 Å². The summed E-state index contributed by atoms with van der Waals surface area (Å²) in [5.41, 5.74) is 3.53. The van der Waals surface area contributed by atoms with Crippen molar-refractivity contribution < 1.29 is 4.79 Å². The van der Waals surface area contributed by atoms with Gasteiger partial charge in [0.05, 0.1) is 0 Å². The summed E-state index contributed by atoms with van der Waals surface area (Å²) in [6, 6.07) is 6.27. The molecule has 2 aromatic rings. The van der Waals surface area contributed by atoms with Crippen molar-refractivity contribution in [3.8, 4) is 0 Å². The molecule has 1 atom stereocenters. The number of amides is 1. The second-order valence-corrected chi connectivity index (χ2v) is 6.58. The molecule has 1 aromatic heterocycles. The fraction of sp³-hybridized carbons (Fsp3) is 0.444. The number of carbonyl (C=O) groups excluding carboxylic acids is 1. The first-order valence-electron chi connectivity index (χ1n) is 8.35. The lowest BCUT2D eigenvalue weighted by atomic mass is 9.96. The fourth-order valence-electron chi connectivity index (χ4n) is 3.68. The molecule has 2 aliphatic rings. The first-order chi connectivity index (χ1) is 11.2. The summed E-state index contributed by atoms with van der Waals surface area (Å²) < 4.78 is 2.14. The Bertz CT molecular complexity index is 736. The van der Waals surface area contributed by atoms with Gasteiger partial charge in [0.25, 0.3) is 0 Å². The molecule has 5 heteroatoms. The van der Waals surface area contributed by atoms with Gasteiger partial charge in [-0.15, -0.1) is 0 Å². The number of rotatable bonds is 2. The van der Waals surface area contributed by atoms with Crippen molar-refractivity contribution in [2.24, 2.45) is 5.92 Å². The maximum Gasteiger partial charge on any atom is 0.228 e. The zero-order chi connectivity index (χ0) is 15.8. The van der Waals surface area contributed by atoms with Crippen LogP contribution in [0.3, 0.4) is 0 Å². The molecule has 0 saturated carbocycles. The van der Waals surface area contributed by atoms with Crippen LogP contribution in [0.1, 0.15) is 24.2 Å². The number of hydrogen-bond acceptors (Lipinski definition) is 3. The number of imidazole rings is 1. The third kappa shape index (κ3) is 2.71. The van der Waals surface area contributed by atoms with Gasteiger partial charge in [-0.05, 0) is 43.0 Å². The number of carbonyl (C=O) groups is 1. The summed E-state index contributed by atoms with van der Waals surface area (Å²) in [5.74, 6) is 1.15. The van der Waals surface area contributed by atoms with E-state index >= 15 is 0 Å². The van der Waals surface area contributed by atoms with E-state index in [0.717, 1.165) is 43.9 Å². The Morgan fingerprint density at radius 3 is 3.17 bits per heavy atom. The third-order valence-corrected chi connectivity index (χ3v) is 5.02. The van der Waals surface area contributed by atoms with Crippen molar-refractivity contribution in [2.45, 2.75) is 32.2 Å². The Balaban J connectivity index is 1.47. The molecule has 4 rings (SSSR count). The van der Waals surface area contributed by atoms with Gasteiger partial charge in [0.15, 0.2) is 0 Å². The molecule has 120 valence electrons. The van der Waals surface area contributed by atoms with Crippen molar-refractivity contribution >= 4 is 17.3 Å². The third-order valence-electron chi connectivity index (χ3n) is 5.02. The van der Waals surface area contributed by atoms with Gasteiger partial charge in [-0.2, -0.15) is 0 Å². The molecule has 1 unspecified atom stereocenters. The monoisotopic (exact) mass is 310 g/mol. The summed E-state index contributed by atoms with van der Waals surface area (Å²) in [6.07, 6.45) is 7.67. The first kappa shape index (κ1) is 14.3. The molecule has 23 heavy (non-hydrogen) atoms. The van der Waals surface area contributed by atoms with Gasteiger partial charge in [0, 0.05) is 56.2 Å². The lowest BCUT2D eigenvalue weighted by Crippen LogP contribution is -2.30. The average Bonchev–Trinajstić information content (AvgIpc) is 3.02. The van der Waals surface area contributed by atoms with Crippen LogP contribution in [0.5, 0.6) is 0 Å². The molecule has 0 bridgehead atoms. The van der Waals surface area contributed by atoms with Crippen LogP contribution in [0.4, 0.5) is 11.4 Å². The normalized spacial score (nSPS) is 19.9. The Kier molecular flexibility index (Phi) is 3.56. The molecule has 0 radical (unpaired) electrons. The van der Waals surface area contributed by atoms with Gasteiger partial charge in [-0.3, -0.25) is 4.79 Å². The molecular weight excluding hydrogens is 288 g/mol. The number of anilines is 2. The van der Waals surface area contributed by atoms with Crippen LogP contribution >= 0.6 is 0 Å². The van der Waals surface area contributed by atoms with Crippen molar-refractivity contribution in [1.29, 1.82) is 0 Å². The average molecular weight is 310 g/mol. The molecule has 3 heterocycles. The van der Waals surface area contributed by atoms with E-state index in [1.165, 1.54) is 17.7 Å². The zero-order valence-corrected chi connectivity index (χ0v) is 13.5. The van der Waals surface area contributed by atoms with Gasteiger partial charge in [-0.1, -0.05) is 0 Å². The maximum absolute atomic E-state index is 12.6. The van der Waals surface area contributed by atoms with Crippen LogP contribution in [-0.4, -0.2) is 29.1 Å². The number of nitrogens with zero attached hydrogens (tertiary/aromatic N) is 3. The summed E-state index contributed by atoms with van der Waals surface area (Å²) in [7, 11) is 2.13. The minimum Gasteiger partial charge on any atom is -0.374 e. The SMILES string of the molecule is CN1CCCc2cc(NC(=O)C3CCn4ccnc4C3)ccc21. The standard InChI is InChI=1S/C18H22N4O/c1-21-8-2-3-13-11-15(4-5-16(13)21)20-18(23)14-6-9-22-10-7-19-17(22)12-14/h4-5,7,10-11,14H,2-3,6,8-9,12H2,1H3,(H,20,23). The number of nitrogens with one attached hydrogen (secondary N) is 1. The van der Waals surface area contributed by atoms with Gasteiger partial charge in [-0.25, -0.2) is 4.98 Å². The molecule has 0 aliphatic carbocycles. The van der Waals surface area contributed by atoms with Gasteiger partial charge in [0.2, 0.25) is 5.91 Å². The molecule has 5 nitrogen and oxygen atoms in total. The summed E-state index contributed by atoms with van der Waals surface area (Å²) in [6.45, 7) is 1.98. The van der Waals surface area contributed by atoms with Crippen molar-refractivity contribution in [1.82, 2.24) is 9.55 Å². The van der Waals surface area contributed by atoms with Crippen molar-refractivity contribution in [3.63, 3.8) is 0 Å². The topological polar surface area (TPSA) is 50.2 Å². The summed E-state index contributed by atoms with van der Waals surface area (Å²) in [4.78, 5) is 19.2. The lowest BCUT2D eigenvalue weighted by Gasteiger charge is -2.28. The second-order valence-electron chi connectivity index (χ2n) is 6.58. The number of fused-ring (bicyclic) bond motifs is 2. The number of benzene rings is 1. The molecule has 1 aromatic carbocycles. The molecule has 1 N–H and O–H groups in total. The van der Waals surface area contributed by atoms with E-state index in [0.29, 0.717) is 0 Å². The summed E-state index contributed by atoms with van der Waals surface area (Å²) in [5, 5.41) is 3.11. The van der Waals surface area contributed by atoms with Crippen LogP contribution < -0.4 is 10.2 Å². The largest absolute Gasteiger partial charge is 0.374 e. The summed E-state index contributed by atoms with van der Waals surface area (Å²) >= 11 is 0. The minimum absolute atomic E-state index is 0.0172. The first-order valence-corrected chi connectivity index (χ1v) is 8.35. The van der Waals surface area contributed by atoms with E-state index in [4.69, 9.17) is 0 Å². The molecule has 1 amide bonds. The van der Waals surface area contributed by atoms with Crippen molar-refractivity contribution in [3.05, 3.63) is 42.0 Å². The predicted molar refractivity (Wildman–Crippen MR) is 90.7 cm³/mol. The molecular formula is C18H22N4O. The number of hydrogen-bond donors (Lipinski definition) is 1. The van der Waals surface area contributed by atoms with Gasteiger partial charge < -0.3 is 14.8 Å². The second kappa shape index (κ2) is 5.72. The highest BCUT2D eigenvalue weighted by Crippen LogP contribution is 2.29. The number of aryl methyl sites for hydroxylation is 2. The Hall–Kier alpha value is -2.30. The predicted octanol–water partition coefficient (Wildman–Crippen LogP) is 2.47. The van der Waals surface area contributed by atoms with E-state index in [9.17, 15) is 4.79 Å². The molecule has 2 aliphatic heterocycles. The van der Waals surface area contributed by atoms with E-state index in [1.807, 2.05) is 18.5 Å². The van der Waals surface area contributed by atoms with E-state index < -0.39 is 0 Å². The number of aromatic nitrogens is 2. The maximum atomic E-state index is 12.6. The van der Waals surface area contributed by atoms with Crippen LogP contribution in [0.15, 0.2) is 30.6 Å². The van der Waals surface area contributed by atoms with Crippen LogP contribution in [0, 0.1) is 5.92 Å². The molecule has 0 saturated heterocycles. The van der Waals surface area contributed by atoms with Crippen molar-refractivity contribution in [2.75, 3.05) is 23.8 Å². The smallest absolute Gasteiger partial charge is 0.228 e.